The number of sulfonamides is 1. The van der Waals surface area contributed by atoms with E-state index in [1.165, 1.54) is 13.8 Å². The quantitative estimate of drug-likeness (QED) is 0.107. The average molecular weight is 925 g/mol. The van der Waals surface area contributed by atoms with E-state index in [-0.39, 0.29) is 41.0 Å². The summed E-state index contributed by atoms with van der Waals surface area (Å²) in [6.07, 6.45) is -0.686. The number of amides is 1. The van der Waals surface area contributed by atoms with E-state index in [1.54, 1.807) is 48.5 Å². The van der Waals surface area contributed by atoms with Crippen LogP contribution in [0.25, 0.3) is 11.1 Å². The summed E-state index contributed by atoms with van der Waals surface area (Å²) in [7, 11) is -4.40. The second-order valence-electron chi connectivity index (χ2n) is 15.5. The Morgan fingerprint density at radius 3 is 2.27 bits per heavy atom. The van der Waals surface area contributed by atoms with Crippen LogP contribution in [-0.2, 0) is 45.6 Å². The number of benzene rings is 5. The van der Waals surface area contributed by atoms with Gasteiger partial charge in [-0.1, -0.05) is 89.1 Å². The van der Waals surface area contributed by atoms with Gasteiger partial charge in [0.05, 0.1) is 27.4 Å². The van der Waals surface area contributed by atoms with Gasteiger partial charge >= 0.3 is 5.97 Å². The van der Waals surface area contributed by atoms with Crippen LogP contribution in [0, 0.1) is 18.3 Å². The standard InChI is InChI=1S/C46H39Cl2N5O8S2/c1-26-43(62-45(50)51-26)63(57,58)53-23-34-20-40-39(60-25-41(61-40)32-12-14-35(15-13-32)59-24-29-7-16-36(47)37(48)17-29)19-33(34)18-38(53)42(54)52-46(2,44(55)56)21-27-3-8-30(9-4-27)31-10-5-28(22-49)6-11-31/h3-17,19-20,38,41H,18,21,23-25H2,1-2H3,(H2,50,51)(H,52,54)(H,55,56). The molecule has 8 rings (SSSR count). The van der Waals surface area contributed by atoms with E-state index in [2.05, 4.69) is 16.4 Å². The van der Waals surface area contributed by atoms with Crippen molar-refractivity contribution in [3.05, 3.63) is 152 Å². The summed E-state index contributed by atoms with van der Waals surface area (Å²) in [4.78, 5) is 31.5. The molecule has 322 valence electrons. The molecule has 3 atom stereocenters. The molecule has 3 unspecified atom stereocenters. The molecular formula is C46H39Cl2N5O8S2. The van der Waals surface area contributed by atoms with Crippen LogP contribution < -0.4 is 25.3 Å². The number of hydrogen-bond donors (Lipinski definition) is 3. The van der Waals surface area contributed by atoms with Crippen molar-refractivity contribution < 1.29 is 37.3 Å². The smallest absolute Gasteiger partial charge is 0.329 e. The molecule has 1 amide bonds. The van der Waals surface area contributed by atoms with E-state index in [0.717, 1.165) is 37.9 Å². The first-order valence-corrected chi connectivity index (χ1v) is 22.6. The van der Waals surface area contributed by atoms with Gasteiger partial charge in [0.2, 0.25) is 5.91 Å². The molecule has 63 heavy (non-hydrogen) atoms. The molecule has 0 fully saturated rings. The largest absolute Gasteiger partial charge is 0.489 e. The summed E-state index contributed by atoms with van der Waals surface area (Å²) < 4.78 is 48.5. The number of carbonyl (C=O) groups is 2. The highest BCUT2D eigenvalue weighted by Crippen LogP contribution is 2.42. The van der Waals surface area contributed by atoms with Crippen molar-refractivity contribution in [2.45, 2.75) is 61.7 Å². The summed E-state index contributed by atoms with van der Waals surface area (Å²) >= 11 is 13.0. The first-order valence-electron chi connectivity index (χ1n) is 19.6. The molecule has 4 N–H and O–H groups in total. The molecule has 1 aromatic heterocycles. The van der Waals surface area contributed by atoms with Crippen LogP contribution in [0.2, 0.25) is 10.0 Å². The van der Waals surface area contributed by atoms with Gasteiger partial charge in [0, 0.05) is 13.0 Å². The number of aliphatic carboxylic acids is 1. The number of halogens is 2. The number of aromatic nitrogens is 1. The Labute approximate surface area is 377 Å². The number of carboxylic acids is 1. The molecule has 3 heterocycles. The van der Waals surface area contributed by atoms with Crippen molar-refractivity contribution in [3.63, 3.8) is 0 Å². The summed E-state index contributed by atoms with van der Waals surface area (Å²) in [6.45, 7) is 3.15. The Morgan fingerprint density at radius 2 is 1.63 bits per heavy atom. The Hall–Kier alpha value is -6.15. The van der Waals surface area contributed by atoms with Gasteiger partial charge in [-0.25, -0.2) is 18.2 Å². The van der Waals surface area contributed by atoms with Crippen molar-refractivity contribution in [2.24, 2.45) is 0 Å². The number of hydrogen-bond acceptors (Lipinski definition) is 11. The minimum absolute atomic E-state index is 0.0462. The molecule has 0 spiro atoms. The maximum absolute atomic E-state index is 14.5. The molecule has 0 bridgehead atoms. The molecule has 0 radical (unpaired) electrons. The SMILES string of the molecule is Cc1nc(N)sc1S(=O)(=O)N1Cc2cc3c(cc2CC1C(=O)NC(C)(Cc1ccc(-c2ccc(C#N)cc2)cc1)C(=O)O)OCC(c1ccc(OCc2ccc(Cl)c(Cl)c2)cc1)O3. The van der Waals surface area contributed by atoms with Crippen molar-refractivity contribution in [3.8, 4) is 34.4 Å². The predicted molar refractivity (Wildman–Crippen MR) is 239 cm³/mol. The van der Waals surface area contributed by atoms with Gasteiger partial charge in [-0.15, -0.1) is 0 Å². The molecule has 0 aliphatic carbocycles. The Morgan fingerprint density at radius 1 is 0.968 bits per heavy atom. The monoisotopic (exact) mass is 923 g/mol. The number of carbonyl (C=O) groups excluding carboxylic acids is 1. The number of aryl methyl sites for hydroxylation is 1. The number of thiazole rings is 1. The molecular weight excluding hydrogens is 886 g/mol. The van der Waals surface area contributed by atoms with Gasteiger partial charge < -0.3 is 30.4 Å². The van der Waals surface area contributed by atoms with Crippen LogP contribution in [0.1, 0.15) is 52.1 Å². The number of fused-ring (bicyclic) bond motifs is 2. The second-order valence-corrected chi connectivity index (χ2v) is 19.4. The lowest BCUT2D eigenvalue weighted by Crippen LogP contribution is -2.60. The zero-order valence-electron chi connectivity index (χ0n) is 33.8. The minimum Gasteiger partial charge on any atom is -0.489 e. The van der Waals surface area contributed by atoms with E-state index in [0.29, 0.717) is 56.2 Å². The van der Waals surface area contributed by atoms with Gasteiger partial charge in [0.25, 0.3) is 10.0 Å². The van der Waals surface area contributed by atoms with Crippen molar-refractivity contribution >= 4 is 61.6 Å². The Bertz CT molecular complexity index is 2890. The van der Waals surface area contributed by atoms with Crippen LogP contribution >= 0.6 is 34.5 Å². The number of nitrogens with two attached hydrogens (primary N) is 1. The fourth-order valence-electron chi connectivity index (χ4n) is 7.58. The lowest BCUT2D eigenvalue weighted by molar-refractivity contribution is -0.147. The topological polar surface area (TPSA) is 194 Å². The number of anilines is 1. The van der Waals surface area contributed by atoms with Crippen LogP contribution in [0.3, 0.4) is 0 Å². The van der Waals surface area contributed by atoms with Crippen molar-refractivity contribution in [2.75, 3.05) is 12.3 Å². The number of nitrogens with one attached hydrogen (secondary N) is 1. The predicted octanol–water partition coefficient (Wildman–Crippen LogP) is 8.29. The van der Waals surface area contributed by atoms with Crippen molar-refractivity contribution in [1.82, 2.24) is 14.6 Å². The summed E-state index contributed by atoms with van der Waals surface area (Å²) in [5.41, 5.74) is 10.1. The summed E-state index contributed by atoms with van der Waals surface area (Å²) in [6, 6.07) is 31.2. The lowest BCUT2D eigenvalue weighted by Gasteiger charge is -2.38. The van der Waals surface area contributed by atoms with Crippen LogP contribution in [-0.4, -0.2) is 52.9 Å². The van der Waals surface area contributed by atoms with Crippen molar-refractivity contribution in [1.29, 1.82) is 5.26 Å². The number of rotatable bonds is 12. The first-order chi connectivity index (χ1) is 30.1. The van der Waals surface area contributed by atoms with E-state index in [1.807, 2.05) is 54.6 Å². The first kappa shape index (κ1) is 43.5. The highest BCUT2D eigenvalue weighted by atomic mass is 35.5. The molecule has 17 heteroatoms. The maximum atomic E-state index is 14.5. The third kappa shape index (κ3) is 9.18. The molecule has 0 saturated heterocycles. The van der Waals surface area contributed by atoms with Crippen LogP contribution in [0.4, 0.5) is 5.13 Å². The molecule has 6 aromatic rings. The Kier molecular flexibility index (Phi) is 12.1. The van der Waals surface area contributed by atoms with Crippen LogP contribution in [0.5, 0.6) is 17.2 Å². The van der Waals surface area contributed by atoms with Gasteiger partial charge in [0.1, 0.15) is 30.5 Å². The lowest BCUT2D eigenvalue weighted by atomic mass is 9.90. The van der Waals surface area contributed by atoms with E-state index in [4.69, 9.17) is 48.4 Å². The normalized spacial score (nSPS) is 16.9. The fraction of sp³-hybridized carbons (Fsp3) is 0.217. The average Bonchev–Trinajstić information content (AvgIpc) is 3.63. The van der Waals surface area contributed by atoms with E-state index >= 15 is 0 Å². The minimum atomic E-state index is -4.40. The van der Waals surface area contributed by atoms with E-state index in [9.17, 15) is 23.1 Å². The van der Waals surface area contributed by atoms with E-state index < -0.39 is 39.6 Å². The second kappa shape index (κ2) is 17.5. The van der Waals surface area contributed by atoms with Crippen LogP contribution in [0.15, 0.2) is 107 Å². The van der Waals surface area contributed by atoms with Gasteiger partial charge in [-0.05, 0) is 108 Å². The zero-order chi connectivity index (χ0) is 44.6. The number of nitrogens with zero attached hydrogens (tertiary/aromatic N) is 3. The highest BCUT2D eigenvalue weighted by Gasteiger charge is 2.45. The maximum Gasteiger partial charge on any atom is 0.329 e. The van der Waals surface area contributed by atoms with Gasteiger partial charge in [0.15, 0.2) is 26.9 Å². The molecule has 2 aliphatic rings. The van der Waals surface area contributed by atoms with Gasteiger partial charge in [-0.2, -0.15) is 9.57 Å². The third-order valence-corrected chi connectivity index (χ3v) is 15.2. The third-order valence-electron chi connectivity index (χ3n) is 11.0. The zero-order valence-corrected chi connectivity index (χ0v) is 36.9. The highest BCUT2D eigenvalue weighted by molar-refractivity contribution is 7.91. The molecule has 5 aromatic carbocycles. The number of carboxylic acid groups (broad SMARTS) is 1. The van der Waals surface area contributed by atoms with Gasteiger partial charge in [-0.3, -0.25) is 4.79 Å². The Balaban J connectivity index is 1.02. The molecule has 2 aliphatic heterocycles. The number of nitrogen functional groups attached to an aromatic ring is 1. The number of ether oxygens (including phenoxy) is 3. The summed E-state index contributed by atoms with van der Waals surface area (Å²) in [5, 5.41) is 23.3. The number of nitriles is 1. The molecule has 13 nitrogen and oxygen atoms in total. The fourth-order valence-corrected chi connectivity index (χ4v) is 10.9. The summed E-state index contributed by atoms with van der Waals surface area (Å²) in [5.74, 6) is -0.645. The molecule has 0 saturated carbocycles.